The highest BCUT2D eigenvalue weighted by Gasteiger charge is 2.41. The van der Waals surface area contributed by atoms with Crippen molar-refractivity contribution >= 4 is 0 Å². The molecule has 86 valence electrons. The lowest BCUT2D eigenvalue weighted by Gasteiger charge is -2.41. The maximum Gasteiger partial charge on any atom is 0.134 e. The van der Waals surface area contributed by atoms with Crippen LogP contribution in [0.25, 0.3) is 0 Å². The Morgan fingerprint density at radius 3 is 1.50 bits per heavy atom. The van der Waals surface area contributed by atoms with E-state index in [1.807, 2.05) is 41.5 Å². The van der Waals surface area contributed by atoms with Crippen molar-refractivity contribution in [2.45, 2.75) is 59.4 Å². The number of hydrogen-bond acceptors (Lipinski definition) is 3. The van der Waals surface area contributed by atoms with Gasteiger partial charge < -0.3 is 10.2 Å². The molecule has 0 aliphatic rings. The molecule has 14 heavy (non-hydrogen) atoms. The second-order valence-electron chi connectivity index (χ2n) is 4.92. The summed E-state index contributed by atoms with van der Waals surface area (Å²) >= 11 is 0. The Hall–Kier alpha value is -0.120. The van der Waals surface area contributed by atoms with Gasteiger partial charge in [0.2, 0.25) is 0 Å². The molecule has 3 nitrogen and oxygen atoms in total. The van der Waals surface area contributed by atoms with Gasteiger partial charge in [-0.3, -0.25) is 5.32 Å². The first-order valence-electron chi connectivity index (χ1n) is 5.39. The van der Waals surface area contributed by atoms with Crippen molar-refractivity contribution in [3.8, 4) is 0 Å². The summed E-state index contributed by atoms with van der Waals surface area (Å²) < 4.78 is 0. The second kappa shape index (κ2) is 5.10. The van der Waals surface area contributed by atoms with Crippen molar-refractivity contribution in [3.63, 3.8) is 0 Å². The zero-order valence-corrected chi connectivity index (χ0v) is 10.2. The Morgan fingerprint density at radius 2 is 1.29 bits per heavy atom. The third-order valence-corrected chi connectivity index (χ3v) is 2.78. The topological polar surface area (TPSA) is 52.5 Å². The molecule has 0 unspecified atom stereocenters. The van der Waals surface area contributed by atoms with Crippen LogP contribution < -0.4 is 5.32 Å². The van der Waals surface area contributed by atoms with Crippen LogP contribution in [0.15, 0.2) is 0 Å². The predicted octanol–water partition coefficient (Wildman–Crippen LogP) is 1.35. The number of aliphatic hydroxyl groups is 2. The lowest BCUT2D eigenvalue weighted by molar-refractivity contribution is -0.149. The molecule has 0 bridgehead atoms. The van der Waals surface area contributed by atoms with Gasteiger partial charge in [0.05, 0.1) is 0 Å². The Balaban J connectivity index is 4.65. The van der Waals surface area contributed by atoms with E-state index in [9.17, 15) is 10.2 Å². The molecule has 0 heterocycles. The highest BCUT2D eigenvalue weighted by atomic mass is 16.4. The molecular formula is C11H25NO2. The fraction of sp³-hybridized carbons (Fsp3) is 1.00. The van der Waals surface area contributed by atoms with Crippen molar-refractivity contribution in [2.75, 3.05) is 0 Å². The van der Waals surface area contributed by atoms with Gasteiger partial charge in [0.25, 0.3) is 0 Å². The summed E-state index contributed by atoms with van der Waals surface area (Å²) in [6, 6.07) is 0.161. The molecule has 0 amide bonds. The number of aliphatic hydroxyl groups excluding tert-OH is 1. The molecule has 0 aromatic heterocycles. The SMILES string of the molecule is CC(C)N[C@@H](O)C(O)(C(C)C)C(C)C. The highest BCUT2D eigenvalue weighted by molar-refractivity contribution is 4.91. The van der Waals surface area contributed by atoms with Crippen LogP contribution in [0.2, 0.25) is 0 Å². The van der Waals surface area contributed by atoms with Crippen LogP contribution in [-0.4, -0.2) is 28.1 Å². The molecule has 0 rings (SSSR count). The minimum absolute atomic E-state index is 0.0174. The minimum atomic E-state index is -1.07. The van der Waals surface area contributed by atoms with Crippen molar-refractivity contribution in [2.24, 2.45) is 11.8 Å². The number of nitrogens with one attached hydrogen (secondary N) is 1. The summed E-state index contributed by atoms with van der Waals surface area (Å²) in [6.07, 6.45) is -0.873. The van der Waals surface area contributed by atoms with Gasteiger partial charge in [0, 0.05) is 6.04 Å². The van der Waals surface area contributed by atoms with E-state index in [4.69, 9.17) is 0 Å². The van der Waals surface area contributed by atoms with Crippen LogP contribution >= 0.6 is 0 Å². The molecule has 0 fully saturated rings. The summed E-state index contributed by atoms with van der Waals surface area (Å²) in [5, 5.41) is 23.2. The second-order valence-corrected chi connectivity index (χ2v) is 4.92. The molecule has 0 spiro atoms. The summed E-state index contributed by atoms with van der Waals surface area (Å²) in [5.41, 5.74) is -1.07. The van der Waals surface area contributed by atoms with E-state index in [2.05, 4.69) is 5.32 Å². The van der Waals surface area contributed by atoms with Crippen LogP contribution in [0.4, 0.5) is 0 Å². The molecule has 0 saturated carbocycles. The van der Waals surface area contributed by atoms with E-state index in [0.29, 0.717) is 0 Å². The Labute approximate surface area is 87.5 Å². The maximum absolute atomic E-state index is 10.4. The molecule has 3 heteroatoms. The van der Waals surface area contributed by atoms with Gasteiger partial charge in [-0.25, -0.2) is 0 Å². The van der Waals surface area contributed by atoms with Crippen LogP contribution in [0.1, 0.15) is 41.5 Å². The van der Waals surface area contributed by atoms with Gasteiger partial charge in [-0.1, -0.05) is 27.7 Å². The first-order valence-corrected chi connectivity index (χ1v) is 5.39. The number of rotatable bonds is 5. The van der Waals surface area contributed by atoms with E-state index in [-0.39, 0.29) is 17.9 Å². The highest BCUT2D eigenvalue weighted by Crippen LogP contribution is 2.28. The average Bonchev–Trinajstić information content (AvgIpc) is 2.00. The smallest absolute Gasteiger partial charge is 0.134 e. The van der Waals surface area contributed by atoms with Gasteiger partial charge in [-0.2, -0.15) is 0 Å². The quantitative estimate of drug-likeness (QED) is 0.591. The van der Waals surface area contributed by atoms with Gasteiger partial charge in [-0.15, -0.1) is 0 Å². The van der Waals surface area contributed by atoms with E-state index in [1.54, 1.807) is 0 Å². The van der Waals surface area contributed by atoms with Crippen LogP contribution in [0.5, 0.6) is 0 Å². The standard InChI is InChI=1S/C11H25NO2/c1-7(2)11(14,8(3)4)10(13)12-9(5)6/h7-10,12-14H,1-6H3/t10-/m0/s1. The Morgan fingerprint density at radius 1 is 0.929 bits per heavy atom. The summed E-state index contributed by atoms with van der Waals surface area (Å²) in [4.78, 5) is 0. The third-order valence-electron chi connectivity index (χ3n) is 2.78. The van der Waals surface area contributed by atoms with E-state index < -0.39 is 11.8 Å². The zero-order chi connectivity index (χ0) is 11.5. The lowest BCUT2D eigenvalue weighted by Crippen LogP contribution is -2.58. The van der Waals surface area contributed by atoms with Crippen LogP contribution in [0.3, 0.4) is 0 Å². The third kappa shape index (κ3) is 2.94. The summed E-state index contributed by atoms with van der Waals surface area (Å²) in [6.45, 7) is 11.6. The molecule has 0 aromatic carbocycles. The Kier molecular flexibility index (Phi) is 5.06. The first kappa shape index (κ1) is 13.9. The van der Waals surface area contributed by atoms with Crippen molar-refractivity contribution in [1.29, 1.82) is 0 Å². The largest absolute Gasteiger partial charge is 0.385 e. The van der Waals surface area contributed by atoms with Crippen molar-refractivity contribution in [1.82, 2.24) is 5.32 Å². The van der Waals surface area contributed by atoms with E-state index >= 15 is 0 Å². The molecule has 0 saturated heterocycles. The van der Waals surface area contributed by atoms with E-state index in [0.717, 1.165) is 0 Å². The van der Waals surface area contributed by atoms with Crippen molar-refractivity contribution in [3.05, 3.63) is 0 Å². The molecule has 0 aromatic rings. The van der Waals surface area contributed by atoms with Gasteiger partial charge in [0.1, 0.15) is 11.8 Å². The maximum atomic E-state index is 10.4. The van der Waals surface area contributed by atoms with Crippen molar-refractivity contribution < 1.29 is 10.2 Å². The molecule has 0 aliphatic carbocycles. The van der Waals surface area contributed by atoms with Gasteiger partial charge in [-0.05, 0) is 25.7 Å². The molecular weight excluding hydrogens is 178 g/mol. The van der Waals surface area contributed by atoms with Gasteiger partial charge in [0.15, 0.2) is 0 Å². The number of hydrogen-bond donors (Lipinski definition) is 3. The van der Waals surface area contributed by atoms with Gasteiger partial charge >= 0.3 is 0 Å². The molecule has 0 radical (unpaired) electrons. The van der Waals surface area contributed by atoms with E-state index in [1.165, 1.54) is 0 Å². The Bertz CT molecular complexity index is 159. The summed E-state index contributed by atoms with van der Waals surface area (Å²) in [5.74, 6) is 0.0347. The minimum Gasteiger partial charge on any atom is -0.385 e. The average molecular weight is 203 g/mol. The molecule has 3 N–H and O–H groups in total. The predicted molar refractivity (Wildman–Crippen MR) is 58.9 cm³/mol. The molecule has 0 aliphatic heterocycles. The fourth-order valence-corrected chi connectivity index (χ4v) is 1.75. The van der Waals surface area contributed by atoms with Crippen LogP contribution in [0, 0.1) is 11.8 Å². The van der Waals surface area contributed by atoms with Crippen LogP contribution in [-0.2, 0) is 0 Å². The monoisotopic (exact) mass is 203 g/mol. The normalized spacial score (nSPS) is 15.6. The molecule has 1 atom stereocenters. The zero-order valence-electron chi connectivity index (χ0n) is 10.2. The first-order chi connectivity index (χ1) is 6.22. The summed E-state index contributed by atoms with van der Waals surface area (Å²) in [7, 11) is 0. The lowest BCUT2D eigenvalue weighted by atomic mass is 9.78. The fourth-order valence-electron chi connectivity index (χ4n) is 1.75.